The second-order valence-electron chi connectivity index (χ2n) is 5.25. The molecule has 0 bridgehead atoms. The van der Waals surface area contributed by atoms with E-state index in [1.54, 1.807) is 0 Å². The lowest BCUT2D eigenvalue weighted by molar-refractivity contribution is 0.208. The first-order valence-corrected chi connectivity index (χ1v) is 7.26. The molecule has 0 radical (unpaired) electrons. The number of hydrogen-bond donors (Lipinski definition) is 1. The molecule has 0 aliphatic rings. The zero-order valence-electron chi connectivity index (χ0n) is 12.8. The summed E-state index contributed by atoms with van der Waals surface area (Å²) in [7, 11) is 2.12. The van der Waals surface area contributed by atoms with Crippen LogP contribution in [0.25, 0.3) is 0 Å². The number of nitrogens with zero attached hydrogens (tertiary/aromatic N) is 1. The van der Waals surface area contributed by atoms with Crippen LogP contribution < -0.4 is 10.1 Å². The average Bonchev–Trinajstić information content (AvgIpc) is 2.39. The Labute approximate surface area is 118 Å². The summed E-state index contributed by atoms with van der Waals surface area (Å²) >= 11 is 0. The molecule has 1 rings (SSSR count). The van der Waals surface area contributed by atoms with E-state index in [4.69, 9.17) is 4.74 Å². The van der Waals surface area contributed by atoms with E-state index in [2.05, 4.69) is 56.2 Å². The van der Waals surface area contributed by atoms with Crippen LogP contribution in [0.1, 0.15) is 32.8 Å². The predicted octanol–water partition coefficient (Wildman–Crippen LogP) is 2.91. The van der Waals surface area contributed by atoms with Crippen LogP contribution in [0.2, 0.25) is 0 Å². The Morgan fingerprint density at radius 2 is 2.11 bits per heavy atom. The van der Waals surface area contributed by atoms with Gasteiger partial charge in [0.2, 0.25) is 0 Å². The Kier molecular flexibility index (Phi) is 7.53. The fourth-order valence-electron chi connectivity index (χ4n) is 1.72. The van der Waals surface area contributed by atoms with Gasteiger partial charge >= 0.3 is 0 Å². The van der Waals surface area contributed by atoms with E-state index in [0.29, 0.717) is 6.04 Å². The summed E-state index contributed by atoms with van der Waals surface area (Å²) in [4.78, 5) is 2.28. The molecule has 1 aromatic rings. The molecule has 3 nitrogen and oxygen atoms in total. The van der Waals surface area contributed by atoms with E-state index in [0.717, 1.165) is 38.4 Å². The molecule has 0 amide bonds. The summed E-state index contributed by atoms with van der Waals surface area (Å²) in [5.74, 6) is 0.966. The lowest BCUT2D eigenvalue weighted by Crippen LogP contribution is -2.30. The minimum atomic E-state index is 0.563. The Morgan fingerprint density at radius 3 is 2.79 bits per heavy atom. The molecule has 0 atom stereocenters. The van der Waals surface area contributed by atoms with Gasteiger partial charge in [-0.05, 0) is 51.6 Å². The monoisotopic (exact) mass is 264 g/mol. The third-order valence-corrected chi connectivity index (χ3v) is 3.25. The second kappa shape index (κ2) is 8.94. The molecule has 1 N–H and O–H groups in total. The van der Waals surface area contributed by atoms with E-state index in [1.807, 2.05) is 6.07 Å². The number of likely N-dealkylation sites (N-methyl/N-ethyl adjacent to an activating group) is 1. The summed E-state index contributed by atoms with van der Waals surface area (Å²) < 4.78 is 5.80. The molecule has 0 heterocycles. The van der Waals surface area contributed by atoms with Crippen LogP contribution in [0.4, 0.5) is 0 Å². The summed E-state index contributed by atoms with van der Waals surface area (Å²) in [5, 5.41) is 3.40. The van der Waals surface area contributed by atoms with E-state index < -0.39 is 0 Å². The van der Waals surface area contributed by atoms with Crippen molar-refractivity contribution >= 4 is 0 Å². The lowest BCUT2D eigenvalue weighted by Gasteiger charge is -2.20. The van der Waals surface area contributed by atoms with Crippen LogP contribution in [0, 0.1) is 0 Å². The maximum Gasteiger partial charge on any atom is 0.119 e. The van der Waals surface area contributed by atoms with E-state index in [-0.39, 0.29) is 0 Å². The van der Waals surface area contributed by atoms with Crippen LogP contribution in [0.15, 0.2) is 24.3 Å². The van der Waals surface area contributed by atoms with Crippen molar-refractivity contribution in [1.82, 2.24) is 10.2 Å². The first-order chi connectivity index (χ1) is 9.13. The number of hydrogen-bond acceptors (Lipinski definition) is 3. The average molecular weight is 264 g/mol. The van der Waals surface area contributed by atoms with Gasteiger partial charge in [-0.2, -0.15) is 0 Å². The van der Waals surface area contributed by atoms with Gasteiger partial charge in [0.1, 0.15) is 12.4 Å². The minimum Gasteiger partial charge on any atom is -0.492 e. The molecule has 0 saturated heterocycles. The smallest absolute Gasteiger partial charge is 0.119 e. The largest absolute Gasteiger partial charge is 0.492 e. The SMILES string of the molecule is CCCNCc1cccc(OCCN(C)C(C)C)c1. The van der Waals surface area contributed by atoms with Crippen LogP contribution in [-0.2, 0) is 6.54 Å². The van der Waals surface area contributed by atoms with Crippen molar-refractivity contribution in [2.45, 2.75) is 39.8 Å². The van der Waals surface area contributed by atoms with Gasteiger partial charge in [-0.3, -0.25) is 0 Å². The molecule has 0 fully saturated rings. The first kappa shape index (κ1) is 16.0. The summed E-state index contributed by atoms with van der Waals surface area (Å²) in [6, 6.07) is 8.91. The Balaban J connectivity index is 2.35. The van der Waals surface area contributed by atoms with Gasteiger partial charge in [0.15, 0.2) is 0 Å². The molecule has 1 aromatic carbocycles. The molecule has 0 spiro atoms. The zero-order chi connectivity index (χ0) is 14.1. The summed E-state index contributed by atoms with van der Waals surface area (Å²) in [5.41, 5.74) is 1.28. The van der Waals surface area contributed by atoms with Gasteiger partial charge in [0.05, 0.1) is 0 Å². The highest BCUT2D eigenvalue weighted by Crippen LogP contribution is 2.13. The second-order valence-corrected chi connectivity index (χ2v) is 5.25. The lowest BCUT2D eigenvalue weighted by atomic mass is 10.2. The topological polar surface area (TPSA) is 24.5 Å². The van der Waals surface area contributed by atoms with Crippen molar-refractivity contribution in [3.8, 4) is 5.75 Å². The van der Waals surface area contributed by atoms with Crippen LogP contribution in [-0.4, -0.2) is 37.7 Å². The van der Waals surface area contributed by atoms with Gasteiger partial charge < -0.3 is 15.0 Å². The molecular weight excluding hydrogens is 236 g/mol. The quantitative estimate of drug-likeness (QED) is 0.694. The first-order valence-electron chi connectivity index (χ1n) is 7.26. The highest BCUT2D eigenvalue weighted by atomic mass is 16.5. The Morgan fingerprint density at radius 1 is 1.32 bits per heavy atom. The molecule has 0 saturated carbocycles. The molecule has 19 heavy (non-hydrogen) atoms. The molecule has 3 heteroatoms. The van der Waals surface area contributed by atoms with Gasteiger partial charge in [-0.15, -0.1) is 0 Å². The van der Waals surface area contributed by atoms with Crippen LogP contribution in [0.3, 0.4) is 0 Å². The predicted molar refractivity (Wildman–Crippen MR) is 81.7 cm³/mol. The third kappa shape index (κ3) is 6.60. The maximum absolute atomic E-state index is 5.80. The van der Waals surface area contributed by atoms with Crippen molar-refractivity contribution < 1.29 is 4.74 Å². The zero-order valence-corrected chi connectivity index (χ0v) is 12.8. The van der Waals surface area contributed by atoms with Gasteiger partial charge in [0.25, 0.3) is 0 Å². The van der Waals surface area contributed by atoms with Crippen molar-refractivity contribution in [3.05, 3.63) is 29.8 Å². The van der Waals surface area contributed by atoms with Gasteiger partial charge in [-0.1, -0.05) is 19.1 Å². The fourth-order valence-corrected chi connectivity index (χ4v) is 1.72. The number of nitrogens with one attached hydrogen (secondary N) is 1. The highest BCUT2D eigenvalue weighted by Gasteiger charge is 2.03. The van der Waals surface area contributed by atoms with E-state index >= 15 is 0 Å². The Hall–Kier alpha value is -1.06. The Bertz CT molecular complexity index is 352. The third-order valence-electron chi connectivity index (χ3n) is 3.25. The molecule has 0 aromatic heterocycles. The summed E-state index contributed by atoms with van der Waals surface area (Å²) in [6.07, 6.45) is 1.16. The number of benzene rings is 1. The standard InChI is InChI=1S/C16H28N2O/c1-5-9-17-13-15-7-6-8-16(12-15)19-11-10-18(4)14(2)3/h6-8,12,14,17H,5,9-11,13H2,1-4H3. The summed E-state index contributed by atoms with van der Waals surface area (Å²) in [6.45, 7) is 10.2. The minimum absolute atomic E-state index is 0.563. The maximum atomic E-state index is 5.80. The number of ether oxygens (including phenoxy) is 1. The fraction of sp³-hybridized carbons (Fsp3) is 0.625. The molecular formula is C16H28N2O. The number of rotatable bonds is 9. The highest BCUT2D eigenvalue weighted by molar-refractivity contribution is 5.28. The molecule has 0 aliphatic heterocycles. The normalized spacial score (nSPS) is 11.3. The van der Waals surface area contributed by atoms with Crippen molar-refractivity contribution in [2.75, 3.05) is 26.7 Å². The molecule has 0 unspecified atom stereocenters. The van der Waals surface area contributed by atoms with Crippen molar-refractivity contribution in [3.63, 3.8) is 0 Å². The van der Waals surface area contributed by atoms with E-state index in [9.17, 15) is 0 Å². The molecule has 108 valence electrons. The van der Waals surface area contributed by atoms with Crippen LogP contribution >= 0.6 is 0 Å². The van der Waals surface area contributed by atoms with Gasteiger partial charge in [-0.25, -0.2) is 0 Å². The van der Waals surface area contributed by atoms with Gasteiger partial charge in [0, 0.05) is 19.1 Å². The molecule has 0 aliphatic carbocycles. The van der Waals surface area contributed by atoms with Crippen molar-refractivity contribution in [1.29, 1.82) is 0 Å². The van der Waals surface area contributed by atoms with Crippen molar-refractivity contribution in [2.24, 2.45) is 0 Å². The van der Waals surface area contributed by atoms with Crippen LogP contribution in [0.5, 0.6) is 5.75 Å². The van der Waals surface area contributed by atoms with E-state index in [1.165, 1.54) is 5.56 Å².